The third kappa shape index (κ3) is 5.04. The second kappa shape index (κ2) is 9.56. The molecule has 8 heteroatoms. The van der Waals surface area contributed by atoms with Gasteiger partial charge in [-0.25, -0.2) is 4.79 Å². The van der Waals surface area contributed by atoms with Gasteiger partial charge in [-0.15, -0.1) is 24.8 Å². The standard InChI is InChI=1S/C17H19N3O3.2ClH/c1-11-9-14(12-4-7-18-8-5-12)23-17(22)15(11)16(21)20-13-3-2-6-19-10-13;;/h2-3,6,9-10,12,18H,4-5,7-8H2,1H3,(H,20,21);2*1H. The van der Waals surface area contributed by atoms with Crippen LogP contribution in [0.5, 0.6) is 0 Å². The molecular formula is C17H21Cl2N3O3. The highest BCUT2D eigenvalue weighted by Crippen LogP contribution is 2.25. The first-order valence-electron chi connectivity index (χ1n) is 7.72. The van der Waals surface area contributed by atoms with Crippen LogP contribution in [0.3, 0.4) is 0 Å². The summed E-state index contributed by atoms with van der Waals surface area (Å²) >= 11 is 0. The summed E-state index contributed by atoms with van der Waals surface area (Å²) in [5.74, 6) is 0.436. The molecule has 3 heterocycles. The molecule has 0 aliphatic carbocycles. The van der Waals surface area contributed by atoms with E-state index in [4.69, 9.17) is 4.42 Å². The number of amides is 1. The Morgan fingerprint density at radius 3 is 2.64 bits per heavy atom. The summed E-state index contributed by atoms with van der Waals surface area (Å²) in [6.45, 7) is 3.59. The van der Waals surface area contributed by atoms with Crippen LogP contribution >= 0.6 is 24.8 Å². The molecule has 1 aliphatic heterocycles. The fraction of sp³-hybridized carbons (Fsp3) is 0.353. The number of hydrogen-bond donors (Lipinski definition) is 2. The molecule has 136 valence electrons. The zero-order chi connectivity index (χ0) is 16.2. The molecule has 2 aromatic heterocycles. The molecule has 0 unspecified atom stereocenters. The Kier molecular flexibility index (Phi) is 8.09. The zero-order valence-corrected chi connectivity index (χ0v) is 15.4. The number of anilines is 1. The van der Waals surface area contributed by atoms with Crippen molar-refractivity contribution in [2.24, 2.45) is 0 Å². The van der Waals surface area contributed by atoms with E-state index < -0.39 is 11.5 Å². The van der Waals surface area contributed by atoms with Gasteiger partial charge in [-0.3, -0.25) is 9.78 Å². The largest absolute Gasteiger partial charge is 0.427 e. The Balaban J connectivity index is 0.00000156. The Labute approximate surface area is 158 Å². The Morgan fingerprint density at radius 2 is 2.04 bits per heavy atom. The van der Waals surface area contributed by atoms with E-state index in [2.05, 4.69) is 15.6 Å². The molecule has 1 fully saturated rings. The number of pyridine rings is 1. The monoisotopic (exact) mass is 385 g/mol. The minimum absolute atomic E-state index is 0. The number of nitrogens with zero attached hydrogens (tertiary/aromatic N) is 1. The first-order chi connectivity index (χ1) is 11.1. The molecule has 1 amide bonds. The molecule has 0 bridgehead atoms. The number of hydrogen-bond acceptors (Lipinski definition) is 5. The van der Waals surface area contributed by atoms with Crippen molar-refractivity contribution in [3.05, 3.63) is 57.9 Å². The van der Waals surface area contributed by atoms with Crippen LogP contribution in [0.25, 0.3) is 0 Å². The fourth-order valence-electron chi connectivity index (χ4n) is 2.84. The van der Waals surface area contributed by atoms with E-state index in [0.717, 1.165) is 25.9 Å². The van der Waals surface area contributed by atoms with Crippen molar-refractivity contribution in [2.75, 3.05) is 18.4 Å². The molecular weight excluding hydrogens is 365 g/mol. The minimum Gasteiger partial charge on any atom is -0.427 e. The van der Waals surface area contributed by atoms with Gasteiger partial charge in [0.15, 0.2) is 0 Å². The van der Waals surface area contributed by atoms with E-state index in [-0.39, 0.29) is 36.3 Å². The van der Waals surface area contributed by atoms with Crippen molar-refractivity contribution in [3.8, 4) is 0 Å². The number of carbonyl (C=O) groups excluding carboxylic acids is 1. The summed E-state index contributed by atoms with van der Waals surface area (Å²) in [4.78, 5) is 28.5. The molecule has 6 nitrogen and oxygen atoms in total. The normalized spacial score (nSPS) is 14.1. The van der Waals surface area contributed by atoms with Crippen LogP contribution in [0.4, 0.5) is 5.69 Å². The van der Waals surface area contributed by atoms with Gasteiger partial charge in [-0.1, -0.05) is 0 Å². The lowest BCUT2D eigenvalue weighted by Crippen LogP contribution is -2.28. The lowest BCUT2D eigenvalue weighted by atomic mass is 9.94. The first kappa shape index (κ1) is 21.2. The van der Waals surface area contributed by atoms with Crippen molar-refractivity contribution >= 4 is 36.4 Å². The number of aromatic nitrogens is 1. The van der Waals surface area contributed by atoms with Gasteiger partial charge < -0.3 is 15.1 Å². The fourth-order valence-corrected chi connectivity index (χ4v) is 2.84. The molecule has 25 heavy (non-hydrogen) atoms. The molecule has 2 N–H and O–H groups in total. The van der Waals surface area contributed by atoms with Gasteiger partial charge in [-0.05, 0) is 56.6 Å². The highest BCUT2D eigenvalue weighted by Gasteiger charge is 2.22. The van der Waals surface area contributed by atoms with Crippen LogP contribution in [-0.2, 0) is 0 Å². The van der Waals surface area contributed by atoms with Crippen LogP contribution in [0.1, 0.15) is 40.4 Å². The van der Waals surface area contributed by atoms with Crippen molar-refractivity contribution in [1.82, 2.24) is 10.3 Å². The van der Waals surface area contributed by atoms with E-state index >= 15 is 0 Å². The number of carbonyl (C=O) groups is 1. The van der Waals surface area contributed by atoms with Gasteiger partial charge in [0.1, 0.15) is 11.3 Å². The van der Waals surface area contributed by atoms with Crippen LogP contribution in [0.2, 0.25) is 0 Å². The molecule has 1 aliphatic rings. The van der Waals surface area contributed by atoms with Crippen LogP contribution in [-0.4, -0.2) is 24.0 Å². The van der Waals surface area contributed by atoms with Gasteiger partial charge in [0.05, 0.1) is 11.9 Å². The van der Waals surface area contributed by atoms with Gasteiger partial charge in [0.25, 0.3) is 5.91 Å². The average Bonchev–Trinajstić information content (AvgIpc) is 2.56. The number of nitrogens with one attached hydrogen (secondary N) is 2. The van der Waals surface area contributed by atoms with Crippen molar-refractivity contribution in [2.45, 2.75) is 25.7 Å². The Hall–Kier alpha value is -1.89. The quantitative estimate of drug-likeness (QED) is 0.848. The third-order valence-corrected chi connectivity index (χ3v) is 4.06. The zero-order valence-electron chi connectivity index (χ0n) is 13.8. The van der Waals surface area contributed by atoms with Gasteiger partial charge in [0.2, 0.25) is 0 Å². The molecule has 0 aromatic carbocycles. The lowest BCUT2D eigenvalue weighted by Gasteiger charge is -2.21. The molecule has 0 radical (unpaired) electrons. The highest BCUT2D eigenvalue weighted by atomic mass is 35.5. The van der Waals surface area contributed by atoms with Crippen LogP contribution in [0.15, 0.2) is 39.8 Å². The molecule has 1 saturated heterocycles. The van der Waals surface area contributed by atoms with Crippen molar-refractivity contribution in [3.63, 3.8) is 0 Å². The van der Waals surface area contributed by atoms with Gasteiger partial charge >= 0.3 is 5.63 Å². The van der Waals surface area contributed by atoms with Crippen LogP contribution < -0.4 is 16.3 Å². The number of aryl methyl sites for hydroxylation is 1. The van der Waals surface area contributed by atoms with E-state index in [0.29, 0.717) is 17.0 Å². The summed E-state index contributed by atoms with van der Waals surface area (Å²) in [7, 11) is 0. The average molecular weight is 386 g/mol. The second-order valence-electron chi connectivity index (χ2n) is 5.71. The second-order valence-corrected chi connectivity index (χ2v) is 5.71. The van der Waals surface area contributed by atoms with Crippen LogP contribution in [0, 0.1) is 6.92 Å². The third-order valence-electron chi connectivity index (χ3n) is 4.06. The summed E-state index contributed by atoms with van der Waals surface area (Å²) in [5, 5.41) is 5.95. The summed E-state index contributed by atoms with van der Waals surface area (Å²) in [6, 6.07) is 5.24. The molecule has 3 rings (SSSR count). The first-order valence-corrected chi connectivity index (χ1v) is 7.72. The summed E-state index contributed by atoms with van der Waals surface area (Å²) in [5.41, 5.74) is 0.640. The minimum atomic E-state index is -0.583. The number of halogens is 2. The van der Waals surface area contributed by atoms with Gasteiger partial charge in [0, 0.05) is 12.1 Å². The SMILES string of the molecule is Cc1cc(C2CCNCC2)oc(=O)c1C(=O)Nc1cccnc1.Cl.Cl. The highest BCUT2D eigenvalue weighted by molar-refractivity contribution is 6.04. The maximum Gasteiger partial charge on any atom is 0.349 e. The number of rotatable bonds is 3. The van der Waals surface area contributed by atoms with E-state index in [1.54, 1.807) is 25.3 Å². The Bertz CT molecular complexity index is 759. The van der Waals surface area contributed by atoms with Crippen molar-refractivity contribution < 1.29 is 9.21 Å². The smallest absolute Gasteiger partial charge is 0.349 e. The topological polar surface area (TPSA) is 84.2 Å². The van der Waals surface area contributed by atoms with Gasteiger partial charge in [-0.2, -0.15) is 0 Å². The predicted octanol–water partition coefficient (Wildman–Crippen LogP) is 2.91. The molecule has 2 aromatic rings. The summed E-state index contributed by atoms with van der Waals surface area (Å²) in [6.07, 6.45) is 5.01. The molecule has 0 spiro atoms. The molecule has 0 atom stereocenters. The number of piperidine rings is 1. The van der Waals surface area contributed by atoms with E-state index in [1.165, 1.54) is 6.20 Å². The van der Waals surface area contributed by atoms with E-state index in [1.807, 2.05) is 6.07 Å². The summed E-state index contributed by atoms with van der Waals surface area (Å²) < 4.78 is 5.43. The predicted molar refractivity (Wildman–Crippen MR) is 101 cm³/mol. The molecule has 0 saturated carbocycles. The van der Waals surface area contributed by atoms with Crippen molar-refractivity contribution in [1.29, 1.82) is 0 Å². The Morgan fingerprint density at radius 1 is 1.32 bits per heavy atom. The maximum absolute atomic E-state index is 12.3. The lowest BCUT2D eigenvalue weighted by molar-refractivity contribution is 0.102. The maximum atomic E-state index is 12.3. The van der Waals surface area contributed by atoms with E-state index in [9.17, 15) is 9.59 Å².